The predicted octanol–water partition coefficient (Wildman–Crippen LogP) is 3.05. The summed E-state index contributed by atoms with van der Waals surface area (Å²) in [6.07, 6.45) is 0. The molecule has 0 aliphatic rings. The summed E-state index contributed by atoms with van der Waals surface area (Å²) in [5.41, 5.74) is 4.09. The minimum Gasteiger partial charge on any atom is -0.476 e. The van der Waals surface area contributed by atoms with E-state index >= 15 is 0 Å². The van der Waals surface area contributed by atoms with Gasteiger partial charge in [-0.15, -0.1) is 0 Å². The molecule has 0 amide bonds. The van der Waals surface area contributed by atoms with Crippen LogP contribution in [0.5, 0.6) is 0 Å². The van der Waals surface area contributed by atoms with Gasteiger partial charge in [-0.3, -0.25) is 5.10 Å². The third kappa shape index (κ3) is 2.38. The summed E-state index contributed by atoms with van der Waals surface area (Å²) in [4.78, 5) is 10.9. The van der Waals surface area contributed by atoms with Crippen LogP contribution in [0.3, 0.4) is 0 Å². The molecule has 2 aromatic rings. The van der Waals surface area contributed by atoms with E-state index in [1.165, 1.54) is 16.7 Å². The molecular weight excluding hydrogens is 240 g/mol. The number of nitrogens with one attached hydrogen (secondary N) is 1. The zero-order valence-corrected chi connectivity index (χ0v) is 11.6. The van der Waals surface area contributed by atoms with Crippen LogP contribution >= 0.6 is 0 Å². The van der Waals surface area contributed by atoms with Gasteiger partial charge in [0.25, 0.3) is 0 Å². The van der Waals surface area contributed by atoms with Crippen LogP contribution in [0.1, 0.15) is 46.7 Å². The minimum atomic E-state index is -1.01. The SMILES string of the molecule is Cc1ccc(C)c(C(C)(C)c2cc(C(=O)O)n[nH]2)c1. The quantitative estimate of drug-likeness (QED) is 0.889. The largest absolute Gasteiger partial charge is 0.476 e. The third-order valence-electron chi connectivity index (χ3n) is 3.54. The number of aromatic nitrogens is 2. The molecule has 2 N–H and O–H groups in total. The van der Waals surface area contributed by atoms with Gasteiger partial charge in [-0.05, 0) is 31.0 Å². The highest BCUT2D eigenvalue weighted by atomic mass is 16.4. The maximum absolute atomic E-state index is 10.9. The smallest absolute Gasteiger partial charge is 0.356 e. The van der Waals surface area contributed by atoms with Crippen molar-refractivity contribution in [3.63, 3.8) is 0 Å². The standard InChI is InChI=1S/C15H18N2O2/c1-9-5-6-10(2)11(7-9)15(3,4)13-8-12(14(18)19)16-17-13/h5-8H,1-4H3,(H,16,17)(H,18,19). The Bertz CT molecular complexity index is 627. The van der Waals surface area contributed by atoms with Gasteiger partial charge >= 0.3 is 5.97 Å². The average Bonchev–Trinajstić information content (AvgIpc) is 2.82. The normalized spacial score (nSPS) is 11.6. The van der Waals surface area contributed by atoms with Crippen molar-refractivity contribution in [1.29, 1.82) is 0 Å². The number of aryl methyl sites for hydroxylation is 2. The fourth-order valence-corrected chi connectivity index (χ4v) is 2.31. The van der Waals surface area contributed by atoms with Gasteiger partial charge in [-0.25, -0.2) is 4.79 Å². The predicted molar refractivity (Wildman–Crippen MR) is 73.6 cm³/mol. The zero-order valence-electron chi connectivity index (χ0n) is 11.6. The van der Waals surface area contributed by atoms with Crippen LogP contribution in [-0.2, 0) is 5.41 Å². The second-order valence-electron chi connectivity index (χ2n) is 5.42. The summed E-state index contributed by atoms with van der Waals surface area (Å²) in [5, 5.41) is 15.6. The number of hydrogen-bond donors (Lipinski definition) is 2. The van der Waals surface area contributed by atoms with Crippen molar-refractivity contribution >= 4 is 5.97 Å². The van der Waals surface area contributed by atoms with Gasteiger partial charge in [-0.2, -0.15) is 5.10 Å². The lowest BCUT2D eigenvalue weighted by molar-refractivity contribution is 0.0690. The third-order valence-corrected chi connectivity index (χ3v) is 3.54. The molecule has 1 aromatic carbocycles. The Labute approximate surface area is 112 Å². The van der Waals surface area contributed by atoms with E-state index in [1.54, 1.807) is 6.07 Å². The molecule has 19 heavy (non-hydrogen) atoms. The number of nitrogens with zero attached hydrogens (tertiary/aromatic N) is 1. The average molecular weight is 258 g/mol. The summed E-state index contributed by atoms with van der Waals surface area (Å²) >= 11 is 0. The molecule has 0 fully saturated rings. The second kappa shape index (κ2) is 4.53. The Morgan fingerprint density at radius 1 is 1.26 bits per heavy atom. The Morgan fingerprint density at radius 3 is 2.53 bits per heavy atom. The molecule has 0 bridgehead atoms. The van der Waals surface area contributed by atoms with Crippen molar-refractivity contribution in [3.8, 4) is 0 Å². The molecule has 2 rings (SSSR count). The molecule has 0 aliphatic heterocycles. The number of H-pyrrole nitrogens is 1. The van der Waals surface area contributed by atoms with Crippen LogP contribution in [0.15, 0.2) is 24.3 Å². The molecule has 100 valence electrons. The van der Waals surface area contributed by atoms with Crippen LogP contribution in [0.4, 0.5) is 0 Å². The van der Waals surface area contributed by atoms with E-state index in [4.69, 9.17) is 5.11 Å². The van der Waals surface area contributed by atoms with E-state index in [1.807, 2.05) is 0 Å². The number of aromatic carboxylic acids is 1. The van der Waals surface area contributed by atoms with Crippen LogP contribution < -0.4 is 0 Å². The number of rotatable bonds is 3. The Morgan fingerprint density at radius 2 is 1.95 bits per heavy atom. The highest BCUT2D eigenvalue weighted by Gasteiger charge is 2.28. The van der Waals surface area contributed by atoms with Crippen LogP contribution in [0.2, 0.25) is 0 Å². The van der Waals surface area contributed by atoms with Gasteiger partial charge < -0.3 is 5.11 Å². The van der Waals surface area contributed by atoms with E-state index in [0.717, 1.165) is 5.69 Å². The second-order valence-corrected chi connectivity index (χ2v) is 5.42. The molecule has 0 saturated carbocycles. The highest BCUT2D eigenvalue weighted by molar-refractivity contribution is 5.85. The van der Waals surface area contributed by atoms with Gasteiger partial charge in [0.15, 0.2) is 5.69 Å². The number of carbonyl (C=O) groups is 1. The van der Waals surface area contributed by atoms with Gasteiger partial charge in [0.1, 0.15) is 0 Å². The molecule has 4 nitrogen and oxygen atoms in total. The van der Waals surface area contributed by atoms with E-state index in [2.05, 4.69) is 56.1 Å². The summed E-state index contributed by atoms with van der Waals surface area (Å²) in [6.45, 7) is 8.24. The number of carboxylic acids is 1. The van der Waals surface area contributed by atoms with Crippen LogP contribution in [0.25, 0.3) is 0 Å². The molecule has 0 unspecified atom stereocenters. The molecule has 0 spiro atoms. The maximum atomic E-state index is 10.9. The summed E-state index contributed by atoms with van der Waals surface area (Å²) < 4.78 is 0. The molecule has 0 saturated heterocycles. The lowest BCUT2D eigenvalue weighted by Gasteiger charge is -2.26. The Balaban J connectivity index is 2.51. The number of carboxylic acid groups (broad SMARTS) is 1. The molecule has 4 heteroatoms. The summed E-state index contributed by atoms with van der Waals surface area (Å²) in [6, 6.07) is 7.90. The summed E-state index contributed by atoms with van der Waals surface area (Å²) in [5.74, 6) is -1.01. The molecular formula is C15H18N2O2. The van der Waals surface area contributed by atoms with E-state index in [-0.39, 0.29) is 11.1 Å². The monoisotopic (exact) mass is 258 g/mol. The first kappa shape index (κ1) is 13.3. The number of benzene rings is 1. The first-order chi connectivity index (χ1) is 8.82. The van der Waals surface area contributed by atoms with Crippen LogP contribution in [0, 0.1) is 13.8 Å². The van der Waals surface area contributed by atoms with E-state index < -0.39 is 5.97 Å². The lowest BCUT2D eigenvalue weighted by Crippen LogP contribution is -2.21. The fourth-order valence-electron chi connectivity index (χ4n) is 2.31. The first-order valence-electron chi connectivity index (χ1n) is 6.19. The van der Waals surface area contributed by atoms with Crippen molar-refractivity contribution in [2.45, 2.75) is 33.1 Å². The molecule has 0 atom stereocenters. The van der Waals surface area contributed by atoms with Gasteiger partial charge in [-0.1, -0.05) is 37.6 Å². The zero-order chi connectivity index (χ0) is 14.2. The Kier molecular flexibility index (Phi) is 3.18. The van der Waals surface area contributed by atoms with Gasteiger partial charge in [0, 0.05) is 11.1 Å². The first-order valence-corrected chi connectivity index (χ1v) is 6.19. The van der Waals surface area contributed by atoms with Crippen molar-refractivity contribution in [2.75, 3.05) is 0 Å². The van der Waals surface area contributed by atoms with Crippen molar-refractivity contribution in [2.24, 2.45) is 0 Å². The maximum Gasteiger partial charge on any atom is 0.356 e. The molecule has 1 aromatic heterocycles. The van der Waals surface area contributed by atoms with Crippen molar-refractivity contribution in [1.82, 2.24) is 10.2 Å². The summed E-state index contributed by atoms with van der Waals surface area (Å²) in [7, 11) is 0. The molecule has 0 radical (unpaired) electrons. The van der Waals surface area contributed by atoms with Crippen LogP contribution in [-0.4, -0.2) is 21.3 Å². The molecule has 0 aliphatic carbocycles. The molecule has 1 heterocycles. The van der Waals surface area contributed by atoms with Crippen molar-refractivity contribution in [3.05, 3.63) is 52.3 Å². The lowest BCUT2D eigenvalue weighted by atomic mass is 9.78. The van der Waals surface area contributed by atoms with Crippen molar-refractivity contribution < 1.29 is 9.90 Å². The highest BCUT2D eigenvalue weighted by Crippen LogP contribution is 2.33. The van der Waals surface area contributed by atoms with E-state index in [9.17, 15) is 4.79 Å². The number of aromatic amines is 1. The van der Waals surface area contributed by atoms with Gasteiger partial charge in [0.2, 0.25) is 0 Å². The Hall–Kier alpha value is -2.10. The van der Waals surface area contributed by atoms with E-state index in [0.29, 0.717) is 0 Å². The topological polar surface area (TPSA) is 66.0 Å². The fraction of sp³-hybridized carbons (Fsp3) is 0.333. The van der Waals surface area contributed by atoms with Gasteiger partial charge in [0.05, 0.1) is 0 Å². The minimum absolute atomic E-state index is 0.0494. The number of hydrogen-bond acceptors (Lipinski definition) is 2.